The van der Waals surface area contributed by atoms with E-state index in [1.54, 1.807) is 20.4 Å². The molecule has 94 valence electrons. The van der Waals surface area contributed by atoms with Gasteiger partial charge in [0.25, 0.3) is 0 Å². The third-order valence-corrected chi connectivity index (χ3v) is 3.01. The second-order valence-corrected chi connectivity index (χ2v) is 4.01. The van der Waals surface area contributed by atoms with Crippen LogP contribution >= 0.6 is 0 Å². The van der Waals surface area contributed by atoms with Gasteiger partial charge in [0.1, 0.15) is 12.2 Å². The number of ether oxygens (including phenoxy) is 2. The SMILES string of the molecule is COC1CN(c2nccc(CN)n2)CC1OC. The van der Waals surface area contributed by atoms with Gasteiger partial charge >= 0.3 is 0 Å². The summed E-state index contributed by atoms with van der Waals surface area (Å²) in [5, 5.41) is 0. The molecule has 0 aromatic carbocycles. The highest BCUT2D eigenvalue weighted by molar-refractivity contribution is 5.33. The highest BCUT2D eigenvalue weighted by Crippen LogP contribution is 2.20. The van der Waals surface area contributed by atoms with Crippen molar-refractivity contribution in [3.63, 3.8) is 0 Å². The Labute approximate surface area is 101 Å². The van der Waals surface area contributed by atoms with E-state index >= 15 is 0 Å². The van der Waals surface area contributed by atoms with Crippen LogP contribution in [0.2, 0.25) is 0 Å². The molecule has 0 radical (unpaired) electrons. The lowest BCUT2D eigenvalue weighted by Gasteiger charge is -2.15. The molecule has 1 aliphatic rings. The number of anilines is 1. The molecule has 2 atom stereocenters. The molecular formula is C11H18N4O2. The van der Waals surface area contributed by atoms with Crippen molar-refractivity contribution in [1.82, 2.24) is 9.97 Å². The van der Waals surface area contributed by atoms with Crippen LogP contribution in [-0.2, 0) is 16.0 Å². The molecule has 1 aromatic heterocycles. The van der Waals surface area contributed by atoms with Gasteiger partial charge in [-0.3, -0.25) is 0 Å². The van der Waals surface area contributed by atoms with Gasteiger partial charge in [-0.25, -0.2) is 9.97 Å². The molecular weight excluding hydrogens is 220 g/mol. The second-order valence-electron chi connectivity index (χ2n) is 4.01. The van der Waals surface area contributed by atoms with Crippen molar-refractivity contribution < 1.29 is 9.47 Å². The zero-order valence-electron chi connectivity index (χ0n) is 10.2. The molecule has 0 bridgehead atoms. The minimum atomic E-state index is 0.0603. The molecule has 6 nitrogen and oxygen atoms in total. The van der Waals surface area contributed by atoms with E-state index in [-0.39, 0.29) is 12.2 Å². The first-order chi connectivity index (χ1) is 8.28. The lowest BCUT2D eigenvalue weighted by Crippen LogP contribution is -2.27. The Hall–Kier alpha value is -1.24. The Morgan fingerprint density at radius 3 is 2.53 bits per heavy atom. The first kappa shape index (κ1) is 12.2. The quantitative estimate of drug-likeness (QED) is 0.782. The van der Waals surface area contributed by atoms with E-state index in [9.17, 15) is 0 Å². The molecule has 2 N–H and O–H groups in total. The number of nitrogens with two attached hydrogens (primary N) is 1. The van der Waals surface area contributed by atoms with E-state index in [1.807, 2.05) is 6.07 Å². The predicted molar refractivity (Wildman–Crippen MR) is 63.7 cm³/mol. The predicted octanol–water partition coefficient (Wildman–Crippen LogP) is -0.215. The normalized spacial score (nSPS) is 24.3. The van der Waals surface area contributed by atoms with Gasteiger partial charge in [-0.2, -0.15) is 0 Å². The fraction of sp³-hybridized carbons (Fsp3) is 0.636. The number of hydrogen-bond donors (Lipinski definition) is 1. The Kier molecular flexibility index (Phi) is 3.88. The van der Waals surface area contributed by atoms with Gasteiger partial charge in [-0.1, -0.05) is 0 Å². The van der Waals surface area contributed by atoms with Crippen LogP contribution in [0.15, 0.2) is 12.3 Å². The first-order valence-electron chi connectivity index (χ1n) is 5.61. The molecule has 1 aliphatic heterocycles. The van der Waals surface area contributed by atoms with E-state index in [0.29, 0.717) is 12.5 Å². The number of methoxy groups -OCH3 is 2. The van der Waals surface area contributed by atoms with Crippen molar-refractivity contribution in [1.29, 1.82) is 0 Å². The number of aromatic nitrogens is 2. The molecule has 1 fully saturated rings. The number of nitrogens with zero attached hydrogens (tertiary/aromatic N) is 3. The van der Waals surface area contributed by atoms with Crippen LogP contribution in [0.1, 0.15) is 5.69 Å². The van der Waals surface area contributed by atoms with Crippen LogP contribution in [0.3, 0.4) is 0 Å². The lowest BCUT2D eigenvalue weighted by molar-refractivity contribution is -0.00461. The van der Waals surface area contributed by atoms with Crippen molar-refractivity contribution in [2.24, 2.45) is 5.73 Å². The standard InChI is InChI=1S/C11H18N4O2/c1-16-9-6-15(7-10(9)17-2)11-13-4-3-8(5-12)14-11/h3-4,9-10H,5-7,12H2,1-2H3. The van der Waals surface area contributed by atoms with Gasteiger partial charge in [-0.15, -0.1) is 0 Å². The van der Waals surface area contributed by atoms with Gasteiger partial charge in [0.15, 0.2) is 0 Å². The van der Waals surface area contributed by atoms with Crippen LogP contribution in [0, 0.1) is 0 Å². The van der Waals surface area contributed by atoms with Crippen molar-refractivity contribution in [3.8, 4) is 0 Å². The van der Waals surface area contributed by atoms with E-state index in [2.05, 4.69) is 14.9 Å². The summed E-state index contributed by atoms with van der Waals surface area (Å²) in [4.78, 5) is 10.7. The van der Waals surface area contributed by atoms with Gasteiger partial charge in [0, 0.05) is 40.1 Å². The van der Waals surface area contributed by atoms with Crippen LogP contribution in [0.5, 0.6) is 0 Å². The summed E-state index contributed by atoms with van der Waals surface area (Å²) in [5.41, 5.74) is 6.40. The molecule has 1 saturated heterocycles. The van der Waals surface area contributed by atoms with Crippen molar-refractivity contribution in [3.05, 3.63) is 18.0 Å². The fourth-order valence-corrected chi connectivity index (χ4v) is 2.01. The summed E-state index contributed by atoms with van der Waals surface area (Å²) in [6, 6.07) is 1.82. The first-order valence-corrected chi connectivity index (χ1v) is 5.61. The minimum Gasteiger partial charge on any atom is -0.377 e. The van der Waals surface area contributed by atoms with Crippen LogP contribution in [-0.4, -0.2) is 49.5 Å². The Morgan fingerprint density at radius 2 is 2.00 bits per heavy atom. The topological polar surface area (TPSA) is 73.5 Å². The molecule has 0 saturated carbocycles. The van der Waals surface area contributed by atoms with Crippen molar-refractivity contribution >= 4 is 5.95 Å². The van der Waals surface area contributed by atoms with Crippen molar-refractivity contribution in [2.75, 3.05) is 32.2 Å². The summed E-state index contributed by atoms with van der Waals surface area (Å²) in [5.74, 6) is 0.689. The molecule has 1 aromatic rings. The van der Waals surface area contributed by atoms with Gasteiger partial charge in [0.05, 0.1) is 5.69 Å². The Morgan fingerprint density at radius 1 is 1.35 bits per heavy atom. The Balaban J connectivity index is 2.13. The molecule has 6 heteroatoms. The molecule has 17 heavy (non-hydrogen) atoms. The molecule has 2 heterocycles. The molecule has 0 amide bonds. The zero-order valence-corrected chi connectivity index (χ0v) is 10.2. The van der Waals surface area contributed by atoms with Gasteiger partial charge in [-0.05, 0) is 6.07 Å². The third-order valence-electron chi connectivity index (χ3n) is 3.01. The average Bonchev–Trinajstić information content (AvgIpc) is 2.82. The van der Waals surface area contributed by atoms with Gasteiger partial charge in [0.2, 0.25) is 5.95 Å². The largest absolute Gasteiger partial charge is 0.377 e. The summed E-state index contributed by atoms with van der Waals surface area (Å²) in [6.07, 6.45) is 1.85. The van der Waals surface area contributed by atoms with E-state index < -0.39 is 0 Å². The maximum absolute atomic E-state index is 5.57. The van der Waals surface area contributed by atoms with Crippen LogP contribution in [0.25, 0.3) is 0 Å². The highest BCUT2D eigenvalue weighted by Gasteiger charge is 2.34. The van der Waals surface area contributed by atoms with E-state index in [1.165, 1.54) is 0 Å². The average molecular weight is 238 g/mol. The molecule has 0 spiro atoms. The summed E-state index contributed by atoms with van der Waals surface area (Å²) in [6.45, 7) is 1.90. The monoisotopic (exact) mass is 238 g/mol. The summed E-state index contributed by atoms with van der Waals surface area (Å²) in [7, 11) is 3.38. The highest BCUT2D eigenvalue weighted by atomic mass is 16.5. The maximum Gasteiger partial charge on any atom is 0.225 e. The fourth-order valence-electron chi connectivity index (χ4n) is 2.01. The third kappa shape index (κ3) is 2.54. The summed E-state index contributed by atoms with van der Waals surface area (Å²) < 4.78 is 10.8. The number of rotatable bonds is 4. The van der Waals surface area contributed by atoms with Crippen molar-refractivity contribution in [2.45, 2.75) is 18.8 Å². The van der Waals surface area contributed by atoms with E-state index in [0.717, 1.165) is 18.8 Å². The van der Waals surface area contributed by atoms with Crippen LogP contribution in [0.4, 0.5) is 5.95 Å². The zero-order chi connectivity index (χ0) is 12.3. The molecule has 2 rings (SSSR count). The lowest BCUT2D eigenvalue weighted by atomic mass is 10.3. The van der Waals surface area contributed by atoms with Gasteiger partial charge < -0.3 is 20.1 Å². The Bertz CT molecular complexity index is 362. The summed E-state index contributed by atoms with van der Waals surface area (Å²) >= 11 is 0. The molecule has 2 unspecified atom stereocenters. The minimum absolute atomic E-state index is 0.0603. The number of hydrogen-bond acceptors (Lipinski definition) is 6. The maximum atomic E-state index is 5.57. The second kappa shape index (κ2) is 5.39. The van der Waals surface area contributed by atoms with E-state index in [4.69, 9.17) is 15.2 Å². The van der Waals surface area contributed by atoms with Crippen LogP contribution < -0.4 is 10.6 Å². The molecule has 0 aliphatic carbocycles. The smallest absolute Gasteiger partial charge is 0.225 e.